The summed E-state index contributed by atoms with van der Waals surface area (Å²) in [5.74, 6) is 1.84. The first-order valence-electron chi connectivity index (χ1n) is 9.44. The van der Waals surface area contributed by atoms with Crippen molar-refractivity contribution in [2.75, 3.05) is 11.9 Å². The third kappa shape index (κ3) is 4.17. The first kappa shape index (κ1) is 17.3. The van der Waals surface area contributed by atoms with Crippen LogP contribution in [0.25, 0.3) is 11.2 Å². The molecule has 4 rings (SSSR count). The third-order valence-corrected chi connectivity index (χ3v) is 4.98. The van der Waals surface area contributed by atoms with Crippen LogP contribution in [0.5, 0.6) is 5.88 Å². The van der Waals surface area contributed by atoms with Gasteiger partial charge < -0.3 is 9.72 Å². The molecule has 1 aliphatic rings. The zero-order valence-corrected chi connectivity index (χ0v) is 15.2. The minimum atomic E-state index is 0.406. The lowest BCUT2D eigenvalue weighted by Crippen LogP contribution is -2.21. The van der Waals surface area contributed by atoms with Crippen LogP contribution in [-0.4, -0.2) is 21.6 Å². The lowest BCUT2D eigenvalue weighted by molar-refractivity contribution is -0.380. The molecule has 1 saturated carbocycles. The maximum atomic E-state index is 8.78. The van der Waals surface area contributed by atoms with Gasteiger partial charge in [0.1, 0.15) is 0 Å². The quantitative estimate of drug-likeness (QED) is 0.697. The average Bonchev–Trinajstić information content (AvgIpc) is 3.17. The van der Waals surface area contributed by atoms with Crippen LogP contribution in [0, 0.1) is 17.2 Å². The van der Waals surface area contributed by atoms with E-state index in [2.05, 4.69) is 31.3 Å². The van der Waals surface area contributed by atoms with Crippen molar-refractivity contribution in [3.05, 3.63) is 36.2 Å². The molecule has 1 fully saturated rings. The van der Waals surface area contributed by atoms with Crippen LogP contribution in [0.3, 0.4) is 0 Å². The Hall–Kier alpha value is -3.14. The number of H-pyrrole nitrogens is 2. The van der Waals surface area contributed by atoms with E-state index in [0.717, 1.165) is 16.8 Å². The third-order valence-electron chi connectivity index (χ3n) is 4.98. The zero-order chi connectivity index (χ0) is 18.5. The van der Waals surface area contributed by atoms with Crippen LogP contribution >= 0.6 is 0 Å². The summed E-state index contributed by atoms with van der Waals surface area (Å²) >= 11 is 0. The minimum absolute atomic E-state index is 0.406. The smallest absolute Gasteiger partial charge is 0.399 e. The van der Waals surface area contributed by atoms with Gasteiger partial charge in [0.25, 0.3) is 11.5 Å². The molecule has 7 heteroatoms. The van der Waals surface area contributed by atoms with Crippen LogP contribution in [0.1, 0.15) is 37.7 Å². The molecule has 0 unspecified atom stereocenters. The molecule has 1 aromatic carbocycles. The second kappa shape index (κ2) is 8.04. The molecule has 1 aliphatic carbocycles. The van der Waals surface area contributed by atoms with Gasteiger partial charge >= 0.3 is 5.95 Å². The Labute approximate surface area is 157 Å². The van der Waals surface area contributed by atoms with E-state index in [1.54, 1.807) is 6.33 Å². The molecule has 27 heavy (non-hydrogen) atoms. The lowest BCUT2D eigenvalue weighted by atomic mass is 9.90. The number of rotatable bonds is 6. The van der Waals surface area contributed by atoms with E-state index in [4.69, 9.17) is 10.00 Å². The molecule has 0 bridgehead atoms. The van der Waals surface area contributed by atoms with Gasteiger partial charge in [0.2, 0.25) is 0 Å². The number of nitriles is 1. The SMILES string of the molecule is N#CCc1ccc(Nc2nc3nc[nH]c3c(OCC3CCCCC3)[nH+]2)cc1. The highest BCUT2D eigenvalue weighted by Gasteiger charge is 2.20. The molecule has 0 aliphatic heterocycles. The summed E-state index contributed by atoms with van der Waals surface area (Å²) in [6.07, 6.45) is 8.42. The number of imidazole rings is 1. The van der Waals surface area contributed by atoms with Crippen molar-refractivity contribution in [2.24, 2.45) is 5.92 Å². The van der Waals surface area contributed by atoms with E-state index in [0.29, 0.717) is 36.4 Å². The van der Waals surface area contributed by atoms with E-state index >= 15 is 0 Å². The van der Waals surface area contributed by atoms with Crippen LogP contribution in [-0.2, 0) is 6.42 Å². The van der Waals surface area contributed by atoms with E-state index in [9.17, 15) is 0 Å². The molecule has 138 valence electrons. The van der Waals surface area contributed by atoms with E-state index in [1.165, 1.54) is 32.1 Å². The maximum Gasteiger partial charge on any atom is 0.399 e. The lowest BCUT2D eigenvalue weighted by Gasteiger charge is -2.21. The molecule has 0 radical (unpaired) electrons. The number of nitrogens with zero attached hydrogens (tertiary/aromatic N) is 3. The highest BCUT2D eigenvalue weighted by molar-refractivity contribution is 5.75. The second-order valence-corrected chi connectivity index (χ2v) is 6.99. The van der Waals surface area contributed by atoms with Crippen molar-refractivity contribution >= 4 is 22.8 Å². The number of benzene rings is 1. The predicted octanol–water partition coefficient (Wildman–Crippen LogP) is 3.54. The van der Waals surface area contributed by atoms with E-state index in [-0.39, 0.29) is 0 Å². The number of anilines is 2. The molecule has 2 aromatic heterocycles. The molecule has 0 atom stereocenters. The summed E-state index contributed by atoms with van der Waals surface area (Å²) in [5, 5.41) is 12.0. The van der Waals surface area contributed by atoms with Crippen molar-refractivity contribution in [1.82, 2.24) is 15.0 Å². The number of fused-ring (bicyclic) bond motifs is 1. The molecule has 0 spiro atoms. The molecular formula is C20H23N6O+. The maximum absolute atomic E-state index is 8.78. The fraction of sp³-hybridized carbons (Fsp3) is 0.400. The van der Waals surface area contributed by atoms with Gasteiger partial charge in [-0.05, 0) is 41.4 Å². The van der Waals surface area contributed by atoms with Gasteiger partial charge in [0.15, 0.2) is 5.52 Å². The van der Waals surface area contributed by atoms with Gasteiger partial charge in [-0.3, -0.25) is 0 Å². The molecule has 3 aromatic rings. The highest BCUT2D eigenvalue weighted by atomic mass is 16.5. The van der Waals surface area contributed by atoms with Gasteiger partial charge in [-0.15, -0.1) is 0 Å². The Kier molecular flexibility index (Phi) is 5.15. The minimum Gasteiger partial charge on any atom is -0.466 e. The molecule has 0 amide bonds. The van der Waals surface area contributed by atoms with Gasteiger partial charge in [0.05, 0.1) is 31.1 Å². The highest BCUT2D eigenvalue weighted by Crippen LogP contribution is 2.25. The second-order valence-electron chi connectivity index (χ2n) is 6.99. The summed E-state index contributed by atoms with van der Waals surface area (Å²) in [5.41, 5.74) is 3.25. The van der Waals surface area contributed by atoms with Gasteiger partial charge in [-0.25, -0.2) is 15.3 Å². The summed E-state index contributed by atoms with van der Waals surface area (Å²) in [6, 6.07) is 9.87. The number of aromatic nitrogens is 4. The average molecular weight is 363 g/mol. The van der Waals surface area contributed by atoms with E-state index in [1.807, 2.05) is 24.3 Å². The van der Waals surface area contributed by atoms with Crippen LogP contribution < -0.4 is 15.0 Å². The fourth-order valence-corrected chi connectivity index (χ4v) is 3.50. The van der Waals surface area contributed by atoms with Gasteiger partial charge in [-0.1, -0.05) is 31.4 Å². The molecular weight excluding hydrogens is 340 g/mol. The first-order valence-corrected chi connectivity index (χ1v) is 9.44. The number of nitrogens with one attached hydrogen (secondary N) is 3. The van der Waals surface area contributed by atoms with Crippen LogP contribution in [0.2, 0.25) is 0 Å². The number of hydrogen-bond acceptors (Lipinski definition) is 5. The van der Waals surface area contributed by atoms with Crippen molar-refractivity contribution < 1.29 is 9.72 Å². The number of ether oxygens (including phenoxy) is 1. The zero-order valence-electron chi connectivity index (χ0n) is 15.2. The topological polar surface area (TPSA) is 101 Å². The van der Waals surface area contributed by atoms with Crippen LogP contribution in [0.4, 0.5) is 11.6 Å². The van der Waals surface area contributed by atoms with Crippen molar-refractivity contribution in [1.29, 1.82) is 5.26 Å². The fourth-order valence-electron chi connectivity index (χ4n) is 3.50. The molecule has 3 N–H and O–H groups in total. The van der Waals surface area contributed by atoms with Gasteiger partial charge in [0, 0.05) is 0 Å². The monoisotopic (exact) mass is 363 g/mol. The standard InChI is InChI=1S/C20H22N6O/c21-11-10-14-6-8-16(9-7-14)24-20-25-18-17(22-13-23-18)19(26-20)27-12-15-4-2-1-3-5-15/h6-9,13,15H,1-5,10,12H2,(H2,22,23,24,25,26)/p+1. The van der Waals surface area contributed by atoms with Gasteiger partial charge in [-0.2, -0.15) is 5.26 Å². The Balaban J connectivity index is 1.51. The summed E-state index contributed by atoms with van der Waals surface area (Å²) in [4.78, 5) is 15.1. The molecule has 2 heterocycles. The molecule has 7 nitrogen and oxygen atoms in total. The van der Waals surface area contributed by atoms with Crippen molar-refractivity contribution in [3.8, 4) is 11.9 Å². The largest absolute Gasteiger partial charge is 0.466 e. The summed E-state index contributed by atoms with van der Waals surface area (Å²) < 4.78 is 6.10. The summed E-state index contributed by atoms with van der Waals surface area (Å²) in [6.45, 7) is 0.705. The number of aromatic amines is 2. The Morgan fingerprint density at radius 1 is 1.22 bits per heavy atom. The predicted molar refractivity (Wildman–Crippen MR) is 102 cm³/mol. The Bertz CT molecular complexity index is 937. The first-order chi connectivity index (χ1) is 13.3. The Morgan fingerprint density at radius 2 is 2.04 bits per heavy atom. The number of hydrogen-bond donors (Lipinski definition) is 2. The van der Waals surface area contributed by atoms with E-state index < -0.39 is 0 Å². The Morgan fingerprint density at radius 3 is 2.81 bits per heavy atom. The summed E-state index contributed by atoms with van der Waals surface area (Å²) in [7, 11) is 0. The molecule has 0 saturated heterocycles. The van der Waals surface area contributed by atoms with Crippen LogP contribution in [0.15, 0.2) is 30.6 Å². The van der Waals surface area contributed by atoms with Crippen molar-refractivity contribution in [2.45, 2.75) is 38.5 Å². The normalized spacial score (nSPS) is 14.8. The van der Waals surface area contributed by atoms with Crippen molar-refractivity contribution in [3.63, 3.8) is 0 Å².